The van der Waals surface area contributed by atoms with E-state index in [-0.39, 0.29) is 29.3 Å². The van der Waals surface area contributed by atoms with Crippen molar-refractivity contribution in [3.63, 3.8) is 0 Å². The number of halogens is 5. The normalized spacial score (nSPS) is 16.3. The van der Waals surface area contributed by atoms with Crippen molar-refractivity contribution in [3.05, 3.63) is 95.6 Å². The first-order chi connectivity index (χ1) is 16.7. The topological polar surface area (TPSA) is 57.6 Å². The molecular formula is C25H22F5N3O2. The van der Waals surface area contributed by atoms with Crippen LogP contribution in [0.15, 0.2) is 72.8 Å². The summed E-state index contributed by atoms with van der Waals surface area (Å²) in [7, 11) is 0. The summed E-state index contributed by atoms with van der Waals surface area (Å²) in [5, 5.41) is 11.3. The van der Waals surface area contributed by atoms with Gasteiger partial charge in [0.15, 0.2) is 5.96 Å². The molecule has 2 N–H and O–H groups in total. The van der Waals surface area contributed by atoms with Gasteiger partial charge in [-0.05, 0) is 59.7 Å². The van der Waals surface area contributed by atoms with Crippen molar-refractivity contribution < 1.29 is 31.4 Å². The molecule has 35 heavy (non-hydrogen) atoms. The van der Waals surface area contributed by atoms with Gasteiger partial charge in [0.25, 0.3) is 0 Å². The second-order valence-corrected chi connectivity index (χ2v) is 7.98. The van der Waals surface area contributed by atoms with Crippen LogP contribution in [0.3, 0.4) is 0 Å². The fraction of sp³-hybridized carbons (Fsp3) is 0.240. The summed E-state index contributed by atoms with van der Waals surface area (Å²) in [6, 6.07) is 17.1. The molecule has 0 saturated carbocycles. The van der Waals surface area contributed by atoms with Crippen LogP contribution in [0.4, 0.5) is 27.6 Å². The van der Waals surface area contributed by atoms with E-state index in [1.165, 1.54) is 36.4 Å². The Balaban J connectivity index is 1.49. The molecule has 1 aliphatic rings. The summed E-state index contributed by atoms with van der Waals surface area (Å²) in [6.07, 6.45) is -5.21. The summed E-state index contributed by atoms with van der Waals surface area (Å²) in [5.41, 5.74) is 1.98. The second-order valence-electron chi connectivity index (χ2n) is 7.98. The van der Waals surface area contributed by atoms with Crippen LogP contribution < -0.4 is 10.1 Å². The van der Waals surface area contributed by atoms with Crippen molar-refractivity contribution in [2.45, 2.75) is 18.4 Å². The van der Waals surface area contributed by atoms with Crippen LogP contribution in [-0.4, -0.2) is 43.0 Å². The number of ether oxygens (including phenoxy) is 2. The third kappa shape index (κ3) is 6.48. The molecule has 10 heteroatoms. The van der Waals surface area contributed by atoms with Crippen molar-refractivity contribution in [1.82, 2.24) is 4.90 Å². The molecule has 1 fully saturated rings. The molecule has 0 aromatic heterocycles. The zero-order chi connectivity index (χ0) is 25.0. The highest BCUT2D eigenvalue weighted by molar-refractivity contribution is 5.91. The van der Waals surface area contributed by atoms with Gasteiger partial charge in [0.1, 0.15) is 17.4 Å². The highest BCUT2D eigenvalue weighted by atomic mass is 19.4. The first kappa shape index (κ1) is 24.5. The van der Waals surface area contributed by atoms with E-state index in [0.29, 0.717) is 25.4 Å². The summed E-state index contributed by atoms with van der Waals surface area (Å²) >= 11 is 0. The zero-order valence-electron chi connectivity index (χ0n) is 18.4. The Morgan fingerprint density at radius 1 is 0.914 bits per heavy atom. The molecule has 1 atom stereocenters. The van der Waals surface area contributed by atoms with Crippen LogP contribution in [0, 0.1) is 17.0 Å². The number of guanidine groups is 1. The maximum Gasteiger partial charge on any atom is 0.573 e. The average Bonchev–Trinajstić information content (AvgIpc) is 2.82. The predicted molar refractivity (Wildman–Crippen MR) is 120 cm³/mol. The minimum Gasteiger partial charge on any atom is -0.406 e. The molecule has 1 heterocycles. The molecule has 0 amide bonds. The summed E-state index contributed by atoms with van der Waals surface area (Å²) in [5.74, 6) is -1.42. The first-order valence-electron chi connectivity index (χ1n) is 10.8. The summed E-state index contributed by atoms with van der Waals surface area (Å²) in [6.45, 7) is 1.03. The third-order valence-electron chi connectivity index (χ3n) is 5.59. The quantitative estimate of drug-likeness (QED) is 0.271. The SMILES string of the molecule is N=C(Nc1ccc(OC(F)(F)F)cc1)N1CCOC(C(c2ccc(F)cc2)c2ccc(F)cc2)C1. The van der Waals surface area contributed by atoms with Crippen LogP contribution in [-0.2, 0) is 4.74 Å². The smallest absolute Gasteiger partial charge is 0.406 e. The molecule has 5 nitrogen and oxygen atoms in total. The van der Waals surface area contributed by atoms with Gasteiger partial charge >= 0.3 is 6.36 Å². The van der Waals surface area contributed by atoms with Crippen molar-refractivity contribution in [2.75, 3.05) is 25.0 Å². The third-order valence-corrected chi connectivity index (χ3v) is 5.59. The lowest BCUT2D eigenvalue weighted by molar-refractivity contribution is -0.274. The van der Waals surface area contributed by atoms with Crippen LogP contribution in [0.1, 0.15) is 17.0 Å². The fourth-order valence-electron chi connectivity index (χ4n) is 4.00. The van der Waals surface area contributed by atoms with Gasteiger partial charge in [-0.1, -0.05) is 24.3 Å². The summed E-state index contributed by atoms with van der Waals surface area (Å²) < 4.78 is 74.0. The van der Waals surface area contributed by atoms with Gasteiger partial charge in [-0.2, -0.15) is 0 Å². The van der Waals surface area contributed by atoms with Crippen molar-refractivity contribution in [1.29, 1.82) is 5.41 Å². The Bertz CT molecular complexity index is 1090. The Hall–Kier alpha value is -3.66. The largest absolute Gasteiger partial charge is 0.573 e. The van der Waals surface area contributed by atoms with E-state index in [2.05, 4.69) is 10.1 Å². The lowest BCUT2D eigenvalue weighted by Crippen LogP contribution is -2.49. The first-order valence-corrected chi connectivity index (χ1v) is 10.8. The Morgan fingerprint density at radius 3 is 1.97 bits per heavy atom. The van der Waals surface area contributed by atoms with Crippen LogP contribution >= 0.6 is 0 Å². The molecule has 0 aliphatic carbocycles. The van der Waals surface area contributed by atoms with Gasteiger partial charge in [-0.25, -0.2) is 8.78 Å². The van der Waals surface area contributed by atoms with Gasteiger partial charge in [0, 0.05) is 24.7 Å². The average molecular weight is 491 g/mol. The van der Waals surface area contributed by atoms with Gasteiger partial charge < -0.3 is 19.7 Å². The van der Waals surface area contributed by atoms with Crippen molar-refractivity contribution >= 4 is 11.6 Å². The van der Waals surface area contributed by atoms with Crippen LogP contribution in [0.25, 0.3) is 0 Å². The standard InChI is InChI=1S/C25H22F5N3O2/c26-18-5-1-16(2-6-18)23(17-3-7-19(27)8-4-17)22-15-33(13-14-34-22)24(31)32-20-9-11-21(12-10-20)35-25(28,29)30/h1-12,22-23H,13-15H2,(H2,31,32). The molecule has 1 unspecified atom stereocenters. The zero-order valence-corrected chi connectivity index (χ0v) is 18.4. The maximum atomic E-state index is 13.5. The lowest BCUT2D eigenvalue weighted by atomic mass is 9.85. The Morgan fingerprint density at radius 2 is 1.46 bits per heavy atom. The van der Waals surface area contributed by atoms with E-state index in [1.54, 1.807) is 29.2 Å². The number of alkyl halides is 3. The van der Waals surface area contributed by atoms with Gasteiger partial charge in [0.2, 0.25) is 0 Å². The molecule has 0 bridgehead atoms. The Kier molecular flexibility index (Phi) is 7.20. The lowest BCUT2D eigenvalue weighted by Gasteiger charge is -2.38. The van der Waals surface area contributed by atoms with E-state index >= 15 is 0 Å². The number of anilines is 1. The molecule has 1 saturated heterocycles. The van der Waals surface area contributed by atoms with E-state index in [9.17, 15) is 22.0 Å². The van der Waals surface area contributed by atoms with E-state index in [1.807, 2.05) is 0 Å². The Labute approximate surface area is 198 Å². The molecular weight excluding hydrogens is 469 g/mol. The summed E-state index contributed by atoms with van der Waals surface area (Å²) in [4.78, 5) is 1.74. The van der Waals surface area contributed by atoms with Gasteiger partial charge in [-0.3, -0.25) is 5.41 Å². The fourth-order valence-corrected chi connectivity index (χ4v) is 4.00. The van der Waals surface area contributed by atoms with Gasteiger partial charge in [-0.15, -0.1) is 13.2 Å². The highest BCUT2D eigenvalue weighted by Gasteiger charge is 2.32. The maximum absolute atomic E-state index is 13.5. The second kappa shape index (κ2) is 10.3. The van der Waals surface area contributed by atoms with E-state index < -0.39 is 12.5 Å². The monoisotopic (exact) mass is 491 g/mol. The minimum atomic E-state index is -4.78. The molecule has 4 rings (SSSR count). The number of benzene rings is 3. The number of morpholine rings is 1. The number of hydrogen-bond donors (Lipinski definition) is 2. The highest BCUT2D eigenvalue weighted by Crippen LogP contribution is 2.32. The number of rotatable bonds is 5. The van der Waals surface area contributed by atoms with E-state index in [4.69, 9.17) is 10.1 Å². The predicted octanol–water partition coefficient (Wildman–Crippen LogP) is 5.74. The number of nitrogens with one attached hydrogen (secondary N) is 2. The van der Waals surface area contributed by atoms with Crippen LogP contribution in [0.2, 0.25) is 0 Å². The molecule has 3 aromatic carbocycles. The molecule has 1 aliphatic heterocycles. The van der Waals surface area contributed by atoms with E-state index in [0.717, 1.165) is 23.3 Å². The molecule has 0 spiro atoms. The molecule has 184 valence electrons. The van der Waals surface area contributed by atoms with Gasteiger partial charge in [0.05, 0.1) is 12.7 Å². The number of nitrogens with zero attached hydrogens (tertiary/aromatic N) is 1. The van der Waals surface area contributed by atoms with Crippen LogP contribution in [0.5, 0.6) is 5.75 Å². The van der Waals surface area contributed by atoms with Crippen molar-refractivity contribution in [2.24, 2.45) is 0 Å². The molecule has 0 radical (unpaired) electrons. The van der Waals surface area contributed by atoms with Crippen molar-refractivity contribution in [3.8, 4) is 5.75 Å². The molecule has 3 aromatic rings. The number of hydrogen-bond acceptors (Lipinski definition) is 3. The minimum absolute atomic E-state index is 0.0414.